The predicted octanol–water partition coefficient (Wildman–Crippen LogP) is 3.20. The minimum atomic E-state index is -0.294. The summed E-state index contributed by atoms with van der Waals surface area (Å²) in [5, 5.41) is 11.8. The Morgan fingerprint density at radius 2 is 2.09 bits per heavy atom. The first-order valence-corrected chi connectivity index (χ1v) is 8.93. The molecule has 1 saturated carbocycles. The maximum Gasteiger partial charge on any atom is 0.262 e. The van der Waals surface area contributed by atoms with E-state index in [4.69, 9.17) is 4.98 Å². The standard InChI is InChI=1S/C17H22N2O2S/c1-2-11-19-16(21)12-7-3-4-8-13(12)18-17(19)22-15-10-6-5-9-14(15)20/h3-4,7-8,14-15,20H,2,5-6,9-11H2,1H3. The Morgan fingerprint density at radius 1 is 1.32 bits per heavy atom. The highest BCUT2D eigenvalue weighted by molar-refractivity contribution is 7.99. The number of hydrogen-bond acceptors (Lipinski definition) is 4. The molecule has 1 aliphatic carbocycles. The van der Waals surface area contributed by atoms with Crippen LogP contribution in [-0.2, 0) is 6.54 Å². The summed E-state index contributed by atoms with van der Waals surface area (Å²) in [6.07, 6.45) is 4.66. The highest BCUT2D eigenvalue weighted by Gasteiger charge is 2.26. The van der Waals surface area contributed by atoms with E-state index < -0.39 is 0 Å². The fourth-order valence-corrected chi connectivity index (χ4v) is 4.31. The van der Waals surface area contributed by atoms with E-state index in [0.717, 1.165) is 42.8 Å². The lowest BCUT2D eigenvalue weighted by Crippen LogP contribution is -2.29. The van der Waals surface area contributed by atoms with E-state index in [-0.39, 0.29) is 16.9 Å². The normalized spacial score (nSPS) is 22.1. The minimum Gasteiger partial charge on any atom is -0.392 e. The van der Waals surface area contributed by atoms with Crippen molar-refractivity contribution < 1.29 is 5.11 Å². The molecular formula is C17H22N2O2S. The van der Waals surface area contributed by atoms with Crippen LogP contribution in [0, 0.1) is 0 Å². The molecule has 0 bridgehead atoms. The van der Waals surface area contributed by atoms with Crippen LogP contribution in [0.5, 0.6) is 0 Å². The smallest absolute Gasteiger partial charge is 0.262 e. The van der Waals surface area contributed by atoms with Crippen LogP contribution in [-0.4, -0.2) is 26.0 Å². The lowest BCUT2D eigenvalue weighted by molar-refractivity contribution is 0.136. The number of nitrogens with zero attached hydrogens (tertiary/aromatic N) is 2. The second-order valence-electron chi connectivity index (χ2n) is 5.88. The van der Waals surface area contributed by atoms with Gasteiger partial charge >= 0.3 is 0 Å². The van der Waals surface area contributed by atoms with E-state index in [2.05, 4.69) is 6.92 Å². The van der Waals surface area contributed by atoms with Crippen LogP contribution >= 0.6 is 11.8 Å². The maximum absolute atomic E-state index is 12.7. The van der Waals surface area contributed by atoms with Crippen LogP contribution in [0.25, 0.3) is 10.9 Å². The largest absolute Gasteiger partial charge is 0.392 e. The molecule has 3 rings (SSSR count). The number of hydrogen-bond donors (Lipinski definition) is 1. The van der Waals surface area contributed by atoms with Crippen molar-refractivity contribution in [3.63, 3.8) is 0 Å². The Morgan fingerprint density at radius 3 is 2.86 bits per heavy atom. The van der Waals surface area contributed by atoms with Gasteiger partial charge in [-0.15, -0.1) is 0 Å². The molecule has 1 aromatic carbocycles. The summed E-state index contributed by atoms with van der Waals surface area (Å²) in [4.78, 5) is 17.4. The van der Waals surface area contributed by atoms with Gasteiger partial charge in [0.25, 0.3) is 5.56 Å². The monoisotopic (exact) mass is 318 g/mol. The second-order valence-corrected chi connectivity index (χ2v) is 7.08. The maximum atomic E-state index is 12.7. The van der Waals surface area contributed by atoms with Crippen LogP contribution in [0.1, 0.15) is 39.0 Å². The molecule has 118 valence electrons. The molecular weight excluding hydrogens is 296 g/mol. The Labute approximate surface area is 134 Å². The topological polar surface area (TPSA) is 55.1 Å². The van der Waals surface area contributed by atoms with E-state index in [9.17, 15) is 9.90 Å². The van der Waals surface area contributed by atoms with E-state index in [1.54, 1.807) is 16.3 Å². The van der Waals surface area contributed by atoms with Gasteiger partial charge in [0.2, 0.25) is 0 Å². The zero-order valence-electron chi connectivity index (χ0n) is 12.9. The molecule has 1 fully saturated rings. The van der Waals surface area contributed by atoms with E-state index in [1.165, 1.54) is 0 Å². The van der Waals surface area contributed by atoms with Gasteiger partial charge in [0.15, 0.2) is 5.16 Å². The third kappa shape index (κ3) is 3.06. The van der Waals surface area contributed by atoms with Crippen molar-refractivity contribution in [2.75, 3.05) is 0 Å². The molecule has 4 nitrogen and oxygen atoms in total. The van der Waals surface area contributed by atoms with Gasteiger partial charge < -0.3 is 5.11 Å². The third-order valence-electron chi connectivity index (χ3n) is 4.20. The van der Waals surface area contributed by atoms with Gasteiger partial charge in [0.05, 0.1) is 17.0 Å². The summed E-state index contributed by atoms with van der Waals surface area (Å²) >= 11 is 1.57. The highest BCUT2D eigenvalue weighted by Crippen LogP contribution is 2.33. The van der Waals surface area contributed by atoms with Gasteiger partial charge in [-0.05, 0) is 31.4 Å². The van der Waals surface area contributed by atoms with E-state index >= 15 is 0 Å². The van der Waals surface area contributed by atoms with Gasteiger partial charge in [0, 0.05) is 11.8 Å². The van der Waals surface area contributed by atoms with E-state index in [0.29, 0.717) is 11.9 Å². The molecule has 1 aromatic heterocycles. The lowest BCUT2D eigenvalue weighted by Gasteiger charge is -2.27. The molecule has 0 amide bonds. The van der Waals surface area contributed by atoms with Crippen molar-refractivity contribution in [1.29, 1.82) is 0 Å². The summed E-state index contributed by atoms with van der Waals surface area (Å²) in [6, 6.07) is 7.50. The highest BCUT2D eigenvalue weighted by atomic mass is 32.2. The zero-order chi connectivity index (χ0) is 15.5. The van der Waals surface area contributed by atoms with Gasteiger partial charge in [-0.25, -0.2) is 4.98 Å². The molecule has 2 aromatic rings. The molecule has 0 saturated heterocycles. The van der Waals surface area contributed by atoms with Crippen molar-refractivity contribution in [2.24, 2.45) is 0 Å². The third-order valence-corrected chi connectivity index (χ3v) is 5.57. The molecule has 1 aliphatic rings. The first-order valence-electron chi connectivity index (χ1n) is 8.05. The number of thioether (sulfide) groups is 1. The summed E-state index contributed by atoms with van der Waals surface area (Å²) in [5.74, 6) is 0. The summed E-state index contributed by atoms with van der Waals surface area (Å²) < 4.78 is 1.77. The first-order chi connectivity index (χ1) is 10.7. The van der Waals surface area contributed by atoms with E-state index in [1.807, 2.05) is 24.3 Å². The van der Waals surface area contributed by atoms with Crippen LogP contribution in [0.15, 0.2) is 34.2 Å². The second kappa shape index (κ2) is 6.84. The van der Waals surface area contributed by atoms with Crippen molar-refractivity contribution in [3.8, 4) is 0 Å². The molecule has 2 atom stereocenters. The van der Waals surface area contributed by atoms with Crippen molar-refractivity contribution in [2.45, 2.75) is 62.1 Å². The van der Waals surface area contributed by atoms with Gasteiger partial charge in [-0.2, -0.15) is 0 Å². The molecule has 22 heavy (non-hydrogen) atoms. The summed E-state index contributed by atoms with van der Waals surface area (Å²) in [5.41, 5.74) is 0.771. The molecule has 0 aliphatic heterocycles. The Bertz CT molecular complexity index is 713. The SMILES string of the molecule is CCCn1c(SC2CCCCC2O)nc2ccccc2c1=O. The quantitative estimate of drug-likeness (QED) is 0.880. The van der Waals surface area contributed by atoms with Gasteiger partial charge in [-0.1, -0.05) is 43.7 Å². The number of aromatic nitrogens is 2. The fourth-order valence-electron chi connectivity index (χ4n) is 3.01. The number of para-hydroxylation sites is 1. The fraction of sp³-hybridized carbons (Fsp3) is 0.529. The van der Waals surface area contributed by atoms with Crippen LogP contribution < -0.4 is 5.56 Å². The van der Waals surface area contributed by atoms with Gasteiger partial charge in [0.1, 0.15) is 0 Å². The summed E-state index contributed by atoms with van der Waals surface area (Å²) in [6.45, 7) is 2.73. The lowest BCUT2D eigenvalue weighted by atomic mass is 9.97. The number of rotatable bonds is 4. The molecule has 2 unspecified atom stereocenters. The average Bonchev–Trinajstić information content (AvgIpc) is 2.53. The molecule has 1 heterocycles. The Balaban J connectivity index is 2.03. The van der Waals surface area contributed by atoms with Crippen LogP contribution in [0.4, 0.5) is 0 Å². The Hall–Kier alpha value is -1.33. The zero-order valence-corrected chi connectivity index (χ0v) is 13.7. The van der Waals surface area contributed by atoms with Crippen molar-refractivity contribution in [3.05, 3.63) is 34.6 Å². The molecule has 0 radical (unpaired) electrons. The van der Waals surface area contributed by atoms with Crippen molar-refractivity contribution >= 4 is 22.7 Å². The molecule has 1 N–H and O–H groups in total. The van der Waals surface area contributed by atoms with Crippen LogP contribution in [0.3, 0.4) is 0 Å². The minimum absolute atomic E-state index is 0.0280. The van der Waals surface area contributed by atoms with Gasteiger partial charge in [-0.3, -0.25) is 9.36 Å². The number of fused-ring (bicyclic) bond motifs is 1. The number of aliphatic hydroxyl groups excluding tert-OH is 1. The predicted molar refractivity (Wildman–Crippen MR) is 90.4 cm³/mol. The Kier molecular flexibility index (Phi) is 4.84. The number of aliphatic hydroxyl groups is 1. The van der Waals surface area contributed by atoms with Crippen molar-refractivity contribution in [1.82, 2.24) is 9.55 Å². The van der Waals surface area contributed by atoms with Crippen LogP contribution in [0.2, 0.25) is 0 Å². The first kappa shape index (κ1) is 15.6. The average molecular weight is 318 g/mol. The molecule has 5 heteroatoms. The summed E-state index contributed by atoms with van der Waals surface area (Å²) in [7, 11) is 0. The number of benzene rings is 1. The molecule has 0 spiro atoms.